The van der Waals surface area contributed by atoms with E-state index in [-0.39, 0.29) is 5.70 Å². The quantitative estimate of drug-likeness (QED) is 0.314. The van der Waals surface area contributed by atoms with Gasteiger partial charge in [0.15, 0.2) is 0 Å². The fraction of sp³-hybridized carbons (Fsp3) is 0.333. The minimum atomic E-state index is -0.0168. The summed E-state index contributed by atoms with van der Waals surface area (Å²) in [5, 5.41) is 8.14. The first-order valence-electron chi connectivity index (χ1n) is 2.44. The van der Waals surface area contributed by atoms with Crippen molar-refractivity contribution in [2.24, 2.45) is 0 Å². The molecule has 0 rings (SSSR count). The second-order valence-corrected chi connectivity index (χ2v) is 1.18. The van der Waals surface area contributed by atoms with Gasteiger partial charge in [0.25, 0.3) is 5.70 Å². The fourth-order valence-electron chi connectivity index (χ4n) is 0.240. The molecule has 0 aliphatic carbocycles. The highest BCUT2D eigenvalue weighted by Gasteiger charge is 1.88. The summed E-state index contributed by atoms with van der Waals surface area (Å²) < 4.78 is 4.68. The molecular weight excluding hydrogens is 116 g/mol. The minimum absolute atomic E-state index is 0.0168. The molecule has 46 valence electrons. The van der Waals surface area contributed by atoms with Gasteiger partial charge in [0, 0.05) is 0 Å². The zero-order chi connectivity index (χ0) is 7.11. The van der Waals surface area contributed by atoms with Gasteiger partial charge in [-0.3, -0.25) is 0 Å². The van der Waals surface area contributed by atoms with E-state index in [4.69, 9.17) is 11.8 Å². The van der Waals surface area contributed by atoms with Crippen molar-refractivity contribution < 1.29 is 4.74 Å². The lowest BCUT2D eigenvalue weighted by atomic mass is 10.6. The van der Waals surface area contributed by atoms with E-state index in [9.17, 15) is 0 Å². The Balaban J connectivity index is 3.85. The predicted octanol–water partition coefficient (Wildman–Crippen LogP) is 1.31. The molecule has 0 radical (unpaired) electrons. The summed E-state index contributed by atoms with van der Waals surface area (Å²) in [4.78, 5) is 2.87. The first-order valence-corrected chi connectivity index (χ1v) is 2.44. The van der Waals surface area contributed by atoms with E-state index in [0.29, 0.717) is 6.61 Å². The van der Waals surface area contributed by atoms with Crippen molar-refractivity contribution in [3.05, 3.63) is 23.4 Å². The lowest BCUT2D eigenvalue weighted by Crippen LogP contribution is -1.78. The van der Waals surface area contributed by atoms with Gasteiger partial charge in [-0.2, -0.15) is 0 Å². The first-order chi connectivity index (χ1) is 4.35. The summed E-state index contributed by atoms with van der Waals surface area (Å²) in [6, 6.07) is 1.67. The number of hydrogen-bond donors (Lipinski definition) is 0. The Hall–Kier alpha value is -1.48. The van der Waals surface area contributed by atoms with Crippen LogP contribution in [0.4, 0.5) is 0 Å². The number of rotatable bonds is 2. The van der Waals surface area contributed by atoms with Crippen molar-refractivity contribution >= 4 is 0 Å². The molecule has 0 aromatic carbocycles. The van der Waals surface area contributed by atoms with Gasteiger partial charge in [-0.1, -0.05) is 0 Å². The molecule has 0 saturated heterocycles. The highest BCUT2D eigenvalue weighted by molar-refractivity contribution is 5.24. The normalized spacial score (nSPS) is 9.44. The van der Waals surface area contributed by atoms with Crippen molar-refractivity contribution in [1.82, 2.24) is 0 Å². The maximum Gasteiger partial charge on any atom is 0.295 e. The molecule has 0 atom stereocenters. The second kappa shape index (κ2) is 4.67. The van der Waals surface area contributed by atoms with Gasteiger partial charge in [0.2, 0.25) is 0 Å². The highest BCUT2D eigenvalue weighted by Crippen LogP contribution is 1.92. The second-order valence-electron chi connectivity index (χ2n) is 1.18. The predicted molar refractivity (Wildman–Crippen MR) is 31.9 cm³/mol. The highest BCUT2D eigenvalue weighted by atomic mass is 16.5. The van der Waals surface area contributed by atoms with Crippen LogP contribution < -0.4 is 0 Å². The van der Waals surface area contributed by atoms with Crippen LogP contribution in [0.1, 0.15) is 6.92 Å². The van der Waals surface area contributed by atoms with Gasteiger partial charge < -0.3 is 4.74 Å². The molecule has 0 aromatic rings. The zero-order valence-electron chi connectivity index (χ0n) is 5.09. The topological polar surface area (TPSA) is 37.4 Å². The van der Waals surface area contributed by atoms with Gasteiger partial charge >= 0.3 is 0 Å². The molecule has 9 heavy (non-hydrogen) atoms. The summed E-state index contributed by atoms with van der Waals surface area (Å²) in [5.41, 5.74) is -0.0168. The monoisotopic (exact) mass is 122 g/mol. The van der Waals surface area contributed by atoms with Crippen LogP contribution in [0, 0.1) is 17.9 Å². The third-order valence-electron chi connectivity index (χ3n) is 0.597. The van der Waals surface area contributed by atoms with Gasteiger partial charge in [-0.25, -0.2) is 10.1 Å². The molecule has 0 spiro atoms. The number of ether oxygens (including phenoxy) is 1. The van der Waals surface area contributed by atoms with Crippen LogP contribution in [-0.4, -0.2) is 6.61 Å². The lowest BCUT2D eigenvalue weighted by molar-refractivity contribution is 0.268. The van der Waals surface area contributed by atoms with Crippen LogP contribution in [0.25, 0.3) is 4.85 Å². The average molecular weight is 122 g/mol. The Kier molecular flexibility index (Phi) is 3.90. The molecule has 0 heterocycles. The Morgan fingerprint density at radius 1 is 2.00 bits per heavy atom. The lowest BCUT2D eigenvalue weighted by Gasteiger charge is -1.89. The van der Waals surface area contributed by atoms with E-state index < -0.39 is 0 Å². The van der Waals surface area contributed by atoms with Crippen molar-refractivity contribution in [2.45, 2.75) is 6.92 Å². The molecule has 3 heteroatoms. The third kappa shape index (κ3) is 3.13. The van der Waals surface area contributed by atoms with Crippen LogP contribution in [-0.2, 0) is 4.74 Å². The molecule has 0 unspecified atom stereocenters. The SMILES string of the molecule is [C-]#[N+]/C(C#N)=C/OCC. The summed E-state index contributed by atoms with van der Waals surface area (Å²) in [5.74, 6) is 0. The van der Waals surface area contributed by atoms with Gasteiger partial charge in [-0.05, 0) is 6.92 Å². The molecule has 0 N–H and O–H groups in total. The van der Waals surface area contributed by atoms with E-state index in [2.05, 4.69) is 9.58 Å². The Morgan fingerprint density at radius 3 is 3.00 bits per heavy atom. The van der Waals surface area contributed by atoms with E-state index in [1.54, 1.807) is 13.0 Å². The maximum atomic E-state index is 8.14. The number of nitriles is 1. The summed E-state index contributed by atoms with van der Waals surface area (Å²) in [6.45, 7) is 8.67. The van der Waals surface area contributed by atoms with Crippen LogP contribution >= 0.6 is 0 Å². The van der Waals surface area contributed by atoms with Crippen molar-refractivity contribution in [3.8, 4) is 6.07 Å². The Morgan fingerprint density at radius 2 is 2.67 bits per heavy atom. The average Bonchev–Trinajstić information content (AvgIpc) is 1.91. The van der Waals surface area contributed by atoms with E-state index >= 15 is 0 Å². The summed E-state index contributed by atoms with van der Waals surface area (Å²) >= 11 is 0. The molecule has 0 aliphatic heterocycles. The molecule has 0 amide bonds. The number of hydrogen-bond acceptors (Lipinski definition) is 2. The number of nitrogens with zero attached hydrogens (tertiary/aromatic N) is 2. The van der Waals surface area contributed by atoms with Crippen molar-refractivity contribution in [2.75, 3.05) is 6.61 Å². The molecule has 3 nitrogen and oxygen atoms in total. The molecule has 0 bridgehead atoms. The zero-order valence-corrected chi connectivity index (χ0v) is 5.09. The smallest absolute Gasteiger partial charge is 0.295 e. The molecular formula is C6H6N2O. The van der Waals surface area contributed by atoms with Gasteiger partial charge in [0.05, 0.1) is 19.2 Å². The molecule has 0 fully saturated rings. The summed E-state index contributed by atoms with van der Waals surface area (Å²) in [6.07, 6.45) is 1.16. The van der Waals surface area contributed by atoms with E-state index in [0.717, 1.165) is 6.26 Å². The largest absolute Gasteiger partial charge is 0.512 e. The maximum absolute atomic E-state index is 8.14. The number of allylic oxidation sites excluding steroid dienone is 1. The van der Waals surface area contributed by atoms with Crippen LogP contribution in [0.3, 0.4) is 0 Å². The van der Waals surface area contributed by atoms with E-state index in [1.807, 2.05) is 0 Å². The van der Waals surface area contributed by atoms with Crippen molar-refractivity contribution in [3.63, 3.8) is 0 Å². The standard InChI is InChI=1S/C6H6N2O/c1-3-9-5-6(4-7)8-2/h5H,3H2,1H3/b6-5+. The molecule has 0 aliphatic rings. The van der Waals surface area contributed by atoms with Crippen LogP contribution in [0.5, 0.6) is 0 Å². The molecule has 0 aromatic heterocycles. The van der Waals surface area contributed by atoms with Gasteiger partial charge in [0.1, 0.15) is 6.26 Å². The Labute approximate surface area is 54.0 Å². The van der Waals surface area contributed by atoms with E-state index in [1.165, 1.54) is 0 Å². The fourth-order valence-corrected chi connectivity index (χ4v) is 0.240. The minimum Gasteiger partial charge on any atom is -0.512 e. The third-order valence-corrected chi connectivity index (χ3v) is 0.597. The first kappa shape index (κ1) is 7.52. The van der Waals surface area contributed by atoms with Gasteiger partial charge in [-0.15, -0.1) is 0 Å². The van der Waals surface area contributed by atoms with Crippen LogP contribution in [0.2, 0.25) is 0 Å². The van der Waals surface area contributed by atoms with Crippen LogP contribution in [0.15, 0.2) is 12.0 Å². The Bertz CT molecular complexity index is 166. The summed E-state index contributed by atoms with van der Waals surface area (Å²) in [7, 11) is 0. The van der Waals surface area contributed by atoms with Crippen molar-refractivity contribution in [1.29, 1.82) is 5.26 Å². The molecule has 0 saturated carbocycles.